The Morgan fingerprint density at radius 2 is 2.36 bits per heavy atom. The number of aromatic nitrogens is 3. The highest BCUT2D eigenvalue weighted by Gasteiger charge is 2.19. The largest absolute Gasteiger partial charge is 0.338 e. The fourth-order valence-corrected chi connectivity index (χ4v) is 3.86. The number of amides is 1. The first-order chi connectivity index (χ1) is 12.0. The maximum atomic E-state index is 12.5. The Labute approximate surface area is 153 Å². The second-order valence-corrected chi connectivity index (χ2v) is 7.95. The van der Waals surface area contributed by atoms with Gasteiger partial charge in [-0.3, -0.25) is 9.48 Å². The second-order valence-electron chi connectivity index (χ2n) is 7.06. The van der Waals surface area contributed by atoms with Crippen molar-refractivity contribution in [3.05, 3.63) is 34.0 Å². The highest BCUT2D eigenvalue weighted by Crippen LogP contribution is 2.21. The molecule has 6 nitrogen and oxygen atoms in total. The third-order valence-corrected chi connectivity index (χ3v) is 5.76. The van der Waals surface area contributed by atoms with E-state index in [9.17, 15) is 4.79 Å². The smallest absolute Gasteiger partial charge is 0.244 e. The van der Waals surface area contributed by atoms with E-state index in [1.807, 2.05) is 24.7 Å². The molecule has 1 N–H and O–H groups in total. The maximum absolute atomic E-state index is 12.5. The average Bonchev–Trinajstić information content (AvgIpc) is 3.25. The van der Waals surface area contributed by atoms with Gasteiger partial charge in [0, 0.05) is 37.0 Å². The zero-order chi connectivity index (χ0) is 17.8. The van der Waals surface area contributed by atoms with Crippen LogP contribution in [-0.2, 0) is 17.9 Å². The SMILES string of the molecule is CC(C)c1nc(CN(C)C(=O)Cn2ccc([C@@H]3CCCNC3)n2)cs1. The van der Waals surface area contributed by atoms with Gasteiger partial charge in [0.25, 0.3) is 0 Å². The van der Waals surface area contributed by atoms with Gasteiger partial charge in [-0.15, -0.1) is 11.3 Å². The van der Waals surface area contributed by atoms with Gasteiger partial charge in [-0.05, 0) is 25.5 Å². The zero-order valence-corrected chi connectivity index (χ0v) is 16.1. The van der Waals surface area contributed by atoms with Gasteiger partial charge in [-0.2, -0.15) is 5.10 Å². The molecule has 0 bridgehead atoms. The molecule has 2 aromatic heterocycles. The lowest BCUT2D eigenvalue weighted by Crippen LogP contribution is -2.30. The number of rotatable bonds is 6. The summed E-state index contributed by atoms with van der Waals surface area (Å²) in [6.07, 6.45) is 4.26. The molecule has 2 aromatic rings. The van der Waals surface area contributed by atoms with Crippen molar-refractivity contribution in [3.63, 3.8) is 0 Å². The molecule has 1 amide bonds. The van der Waals surface area contributed by atoms with Crippen molar-refractivity contribution in [1.82, 2.24) is 25.0 Å². The summed E-state index contributed by atoms with van der Waals surface area (Å²) in [5.41, 5.74) is 2.04. The van der Waals surface area contributed by atoms with Gasteiger partial charge in [0.1, 0.15) is 6.54 Å². The molecule has 0 radical (unpaired) electrons. The number of nitrogens with one attached hydrogen (secondary N) is 1. The fraction of sp³-hybridized carbons (Fsp3) is 0.611. The molecule has 1 fully saturated rings. The summed E-state index contributed by atoms with van der Waals surface area (Å²) in [6.45, 7) is 7.16. The number of thiazole rings is 1. The van der Waals surface area contributed by atoms with Crippen LogP contribution in [0.1, 0.15) is 54.9 Å². The van der Waals surface area contributed by atoms with Crippen LogP contribution in [0.5, 0.6) is 0 Å². The number of hydrogen-bond donors (Lipinski definition) is 1. The summed E-state index contributed by atoms with van der Waals surface area (Å²) in [5, 5.41) is 11.2. The monoisotopic (exact) mass is 361 g/mol. The second kappa shape index (κ2) is 8.10. The molecule has 25 heavy (non-hydrogen) atoms. The fourth-order valence-electron chi connectivity index (χ4n) is 3.04. The van der Waals surface area contributed by atoms with E-state index in [4.69, 9.17) is 0 Å². The highest BCUT2D eigenvalue weighted by molar-refractivity contribution is 7.09. The maximum Gasteiger partial charge on any atom is 0.244 e. The van der Waals surface area contributed by atoms with Crippen LogP contribution in [0, 0.1) is 0 Å². The summed E-state index contributed by atoms with van der Waals surface area (Å²) in [7, 11) is 1.83. The third-order valence-electron chi connectivity index (χ3n) is 4.56. The van der Waals surface area contributed by atoms with Crippen molar-refractivity contribution in [1.29, 1.82) is 0 Å². The molecule has 1 saturated heterocycles. The Kier molecular flexibility index (Phi) is 5.86. The van der Waals surface area contributed by atoms with Crippen LogP contribution < -0.4 is 5.32 Å². The molecule has 7 heteroatoms. The zero-order valence-electron chi connectivity index (χ0n) is 15.2. The number of carbonyl (C=O) groups excluding carboxylic acids is 1. The lowest BCUT2D eigenvalue weighted by Gasteiger charge is -2.20. The van der Waals surface area contributed by atoms with Crippen molar-refractivity contribution < 1.29 is 4.79 Å². The number of hydrogen-bond acceptors (Lipinski definition) is 5. The molecule has 3 heterocycles. The summed E-state index contributed by atoms with van der Waals surface area (Å²) >= 11 is 1.66. The van der Waals surface area contributed by atoms with Crippen LogP contribution in [0.15, 0.2) is 17.6 Å². The summed E-state index contributed by atoms with van der Waals surface area (Å²) < 4.78 is 1.75. The van der Waals surface area contributed by atoms with E-state index in [1.54, 1.807) is 20.9 Å². The predicted molar refractivity (Wildman–Crippen MR) is 99.7 cm³/mol. The molecule has 0 aromatic carbocycles. The van der Waals surface area contributed by atoms with Crippen LogP contribution in [-0.4, -0.2) is 45.7 Å². The van der Waals surface area contributed by atoms with Crippen molar-refractivity contribution in [3.8, 4) is 0 Å². The molecule has 1 aliphatic heterocycles. The molecule has 1 atom stereocenters. The van der Waals surface area contributed by atoms with E-state index in [0.717, 1.165) is 29.5 Å². The third kappa shape index (κ3) is 4.67. The van der Waals surface area contributed by atoms with E-state index in [2.05, 4.69) is 29.2 Å². The van der Waals surface area contributed by atoms with Crippen LogP contribution >= 0.6 is 11.3 Å². The van der Waals surface area contributed by atoms with Crippen molar-refractivity contribution in [2.24, 2.45) is 0 Å². The van der Waals surface area contributed by atoms with Gasteiger partial charge in [0.15, 0.2) is 0 Å². The van der Waals surface area contributed by atoms with E-state index < -0.39 is 0 Å². The Morgan fingerprint density at radius 3 is 3.04 bits per heavy atom. The van der Waals surface area contributed by atoms with Crippen LogP contribution in [0.2, 0.25) is 0 Å². The topological polar surface area (TPSA) is 63.1 Å². The van der Waals surface area contributed by atoms with Gasteiger partial charge in [-0.1, -0.05) is 13.8 Å². The van der Waals surface area contributed by atoms with E-state index in [-0.39, 0.29) is 12.5 Å². The standard InChI is InChI=1S/C18H27N5OS/c1-13(2)18-20-15(12-25-18)10-22(3)17(24)11-23-8-6-16(21-23)14-5-4-7-19-9-14/h6,8,12-14,19H,4-5,7,9-11H2,1-3H3/t14-/m1/s1. The quantitative estimate of drug-likeness (QED) is 0.859. The van der Waals surface area contributed by atoms with Crippen LogP contribution in [0.25, 0.3) is 0 Å². The molecule has 0 unspecified atom stereocenters. The lowest BCUT2D eigenvalue weighted by molar-refractivity contribution is -0.131. The van der Waals surface area contributed by atoms with Gasteiger partial charge >= 0.3 is 0 Å². The number of nitrogens with zero attached hydrogens (tertiary/aromatic N) is 4. The van der Waals surface area contributed by atoms with Crippen molar-refractivity contribution >= 4 is 17.2 Å². The molecule has 0 spiro atoms. The Hall–Kier alpha value is -1.73. The summed E-state index contributed by atoms with van der Waals surface area (Å²) in [4.78, 5) is 18.8. The average molecular weight is 362 g/mol. The molecular weight excluding hydrogens is 334 g/mol. The molecular formula is C18H27N5OS. The molecule has 0 aliphatic carbocycles. The highest BCUT2D eigenvalue weighted by atomic mass is 32.1. The molecule has 136 valence electrons. The Balaban J connectivity index is 1.54. The van der Waals surface area contributed by atoms with Gasteiger partial charge < -0.3 is 10.2 Å². The number of carbonyl (C=O) groups is 1. The van der Waals surface area contributed by atoms with Crippen LogP contribution in [0.3, 0.4) is 0 Å². The predicted octanol–water partition coefficient (Wildman–Crippen LogP) is 2.59. The molecule has 0 saturated carbocycles. The number of piperidine rings is 1. The van der Waals surface area contributed by atoms with Gasteiger partial charge in [-0.25, -0.2) is 4.98 Å². The van der Waals surface area contributed by atoms with Gasteiger partial charge in [0.05, 0.1) is 22.9 Å². The summed E-state index contributed by atoms with van der Waals surface area (Å²) in [5.74, 6) is 0.944. The summed E-state index contributed by atoms with van der Waals surface area (Å²) in [6, 6.07) is 2.04. The first-order valence-electron chi connectivity index (χ1n) is 8.95. The molecule has 1 aliphatic rings. The Morgan fingerprint density at radius 1 is 1.52 bits per heavy atom. The minimum absolute atomic E-state index is 0.0514. The first-order valence-corrected chi connectivity index (χ1v) is 9.83. The lowest BCUT2D eigenvalue weighted by atomic mass is 9.97. The van der Waals surface area contributed by atoms with Crippen molar-refractivity contribution in [2.75, 3.05) is 20.1 Å². The van der Waals surface area contributed by atoms with E-state index in [1.165, 1.54) is 12.8 Å². The van der Waals surface area contributed by atoms with E-state index in [0.29, 0.717) is 18.4 Å². The van der Waals surface area contributed by atoms with Gasteiger partial charge in [0.2, 0.25) is 5.91 Å². The Bertz CT molecular complexity index is 702. The number of likely N-dealkylation sites (N-methyl/N-ethyl adjacent to an activating group) is 1. The molecule has 3 rings (SSSR count). The van der Waals surface area contributed by atoms with E-state index >= 15 is 0 Å². The van der Waals surface area contributed by atoms with Crippen LogP contribution in [0.4, 0.5) is 0 Å². The normalized spacial score (nSPS) is 17.8. The minimum Gasteiger partial charge on any atom is -0.338 e. The van der Waals surface area contributed by atoms with Crippen molar-refractivity contribution in [2.45, 2.75) is 51.6 Å². The first kappa shape index (κ1) is 18.1. The minimum atomic E-state index is 0.0514.